The lowest BCUT2D eigenvalue weighted by atomic mass is 10.1. The van der Waals surface area contributed by atoms with Crippen molar-refractivity contribution in [2.45, 2.75) is 13.5 Å². The molecule has 0 fully saturated rings. The number of fused-ring (bicyclic) bond motifs is 1. The molecule has 0 aliphatic carbocycles. The van der Waals surface area contributed by atoms with Gasteiger partial charge in [0.2, 0.25) is 0 Å². The largest absolute Gasteiger partial charge is 0.383 e. The number of hydrogen-bond acceptors (Lipinski definition) is 2. The summed E-state index contributed by atoms with van der Waals surface area (Å²) in [7, 11) is 0. The van der Waals surface area contributed by atoms with E-state index in [4.69, 9.17) is 5.26 Å². The maximum Gasteiger partial charge on any atom is 0.0998 e. The number of nitrogens with zero attached hydrogens (tertiary/aromatic N) is 2. The molecule has 0 aliphatic rings. The second-order valence-corrected chi connectivity index (χ2v) is 5.16. The predicted octanol–water partition coefficient (Wildman–Crippen LogP) is 3.93. The summed E-state index contributed by atoms with van der Waals surface area (Å²) in [5.41, 5.74) is 4.24. The molecule has 3 heteroatoms. The fourth-order valence-corrected chi connectivity index (χ4v) is 2.59. The normalized spacial score (nSPS) is 10.5. The van der Waals surface area contributed by atoms with Crippen molar-refractivity contribution < 1.29 is 0 Å². The number of aromatic nitrogens is 1. The van der Waals surface area contributed by atoms with E-state index >= 15 is 0 Å². The van der Waals surface area contributed by atoms with E-state index in [-0.39, 0.29) is 0 Å². The summed E-state index contributed by atoms with van der Waals surface area (Å²) in [6, 6.07) is 18.5. The van der Waals surface area contributed by atoms with E-state index in [2.05, 4.69) is 53.2 Å². The van der Waals surface area contributed by atoms with Crippen molar-refractivity contribution in [3.05, 3.63) is 65.9 Å². The van der Waals surface area contributed by atoms with Crippen molar-refractivity contribution in [1.29, 1.82) is 5.26 Å². The monoisotopic (exact) mass is 275 g/mol. The van der Waals surface area contributed by atoms with Gasteiger partial charge in [-0.05, 0) is 42.8 Å². The summed E-state index contributed by atoms with van der Waals surface area (Å²) in [5, 5.41) is 13.6. The average molecular weight is 275 g/mol. The Hall–Kier alpha value is -2.73. The van der Waals surface area contributed by atoms with Gasteiger partial charge in [0.05, 0.1) is 11.6 Å². The molecule has 1 heterocycles. The molecular formula is C18H17N3. The van der Waals surface area contributed by atoms with Gasteiger partial charge in [0.1, 0.15) is 0 Å². The van der Waals surface area contributed by atoms with Crippen LogP contribution in [0.15, 0.2) is 54.7 Å². The first-order valence-electron chi connectivity index (χ1n) is 7.06. The third-order valence-corrected chi connectivity index (χ3v) is 3.63. The first-order chi connectivity index (χ1) is 10.3. The van der Waals surface area contributed by atoms with Gasteiger partial charge in [0.25, 0.3) is 0 Å². The molecule has 0 aliphatic heterocycles. The van der Waals surface area contributed by atoms with Crippen LogP contribution in [-0.2, 0) is 6.54 Å². The highest BCUT2D eigenvalue weighted by atomic mass is 15.0. The van der Waals surface area contributed by atoms with Crippen LogP contribution in [0.1, 0.15) is 11.1 Å². The number of anilines is 1. The molecule has 104 valence electrons. The van der Waals surface area contributed by atoms with Gasteiger partial charge in [-0.25, -0.2) is 0 Å². The van der Waals surface area contributed by atoms with Crippen molar-refractivity contribution >= 4 is 16.6 Å². The van der Waals surface area contributed by atoms with Crippen molar-refractivity contribution in [3.8, 4) is 6.07 Å². The molecule has 1 aromatic heterocycles. The summed E-state index contributed by atoms with van der Waals surface area (Å²) in [6.07, 6.45) is 2.05. The molecule has 0 amide bonds. The Bertz CT molecular complexity index is 809. The quantitative estimate of drug-likeness (QED) is 0.783. The Morgan fingerprint density at radius 3 is 2.81 bits per heavy atom. The average Bonchev–Trinajstić information content (AvgIpc) is 2.91. The van der Waals surface area contributed by atoms with E-state index in [1.807, 2.05) is 24.4 Å². The lowest BCUT2D eigenvalue weighted by Crippen LogP contribution is -2.09. The summed E-state index contributed by atoms with van der Waals surface area (Å²) >= 11 is 0. The molecule has 3 aromatic rings. The van der Waals surface area contributed by atoms with Gasteiger partial charge in [0, 0.05) is 35.9 Å². The Kier molecular flexibility index (Phi) is 3.61. The van der Waals surface area contributed by atoms with Crippen molar-refractivity contribution in [1.82, 2.24) is 4.57 Å². The van der Waals surface area contributed by atoms with E-state index < -0.39 is 0 Å². The minimum Gasteiger partial charge on any atom is -0.383 e. The molecule has 0 atom stereocenters. The molecule has 0 bridgehead atoms. The van der Waals surface area contributed by atoms with Crippen LogP contribution >= 0.6 is 0 Å². The lowest BCUT2D eigenvalue weighted by molar-refractivity contribution is 0.757. The zero-order chi connectivity index (χ0) is 14.7. The third-order valence-electron chi connectivity index (χ3n) is 3.63. The first kappa shape index (κ1) is 13.3. The number of nitrogens with one attached hydrogen (secondary N) is 1. The SMILES string of the molecule is Cc1cccc(NCCn2ccc3c(C#N)cccc32)c1. The highest BCUT2D eigenvalue weighted by Gasteiger charge is 2.04. The van der Waals surface area contributed by atoms with Crippen LogP contribution < -0.4 is 5.32 Å². The topological polar surface area (TPSA) is 40.8 Å². The molecule has 0 unspecified atom stereocenters. The van der Waals surface area contributed by atoms with Crippen LogP contribution in [0.4, 0.5) is 5.69 Å². The number of aryl methyl sites for hydroxylation is 1. The van der Waals surface area contributed by atoms with Crippen LogP contribution in [0.5, 0.6) is 0 Å². The molecule has 1 N–H and O–H groups in total. The number of nitriles is 1. The van der Waals surface area contributed by atoms with Crippen LogP contribution in [0.25, 0.3) is 10.9 Å². The zero-order valence-electron chi connectivity index (χ0n) is 12.0. The molecule has 2 aromatic carbocycles. The Morgan fingerprint density at radius 1 is 1.14 bits per heavy atom. The zero-order valence-corrected chi connectivity index (χ0v) is 12.0. The Balaban J connectivity index is 1.73. The minimum atomic E-state index is 0.734. The molecular weight excluding hydrogens is 258 g/mol. The lowest BCUT2D eigenvalue weighted by Gasteiger charge is -2.09. The second kappa shape index (κ2) is 5.72. The highest BCUT2D eigenvalue weighted by Crippen LogP contribution is 2.19. The summed E-state index contributed by atoms with van der Waals surface area (Å²) < 4.78 is 2.18. The number of hydrogen-bond donors (Lipinski definition) is 1. The van der Waals surface area contributed by atoms with Gasteiger partial charge < -0.3 is 9.88 Å². The van der Waals surface area contributed by atoms with Crippen molar-refractivity contribution in [2.24, 2.45) is 0 Å². The van der Waals surface area contributed by atoms with E-state index in [1.54, 1.807) is 0 Å². The van der Waals surface area contributed by atoms with Crippen LogP contribution in [0, 0.1) is 18.3 Å². The van der Waals surface area contributed by atoms with E-state index in [0.29, 0.717) is 0 Å². The molecule has 0 saturated heterocycles. The van der Waals surface area contributed by atoms with Crippen LogP contribution in [-0.4, -0.2) is 11.1 Å². The maximum absolute atomic E-state index is 9.12. The third kappa shape index (κ3) is 2.75. The molecule has 0 radical (unpaired) electrons. The Morgan fingerprint density at radius 2 is 2.00 bits per heavy atom. The minimum absolute atomic E-state index is 0.734. The molecule has 21 heavy (non-hydrogen) atoms. The summed E-state index contributed by atoms with van der Waals surface area (Å²) in [5.74, 6) is 0. The fourth-order valence-electron chi connectivity index (χ4n) is 2.59. The second-order valence-electron chi connectivity index (χ2n) is 5.16. The van der Waals surface area contributed by atoms with E-state index in [1.165, 1.54) is 5.56 Å². The first-order valence-corrected chi connectivity index (χ1v) is 7.06. The molecule has 3 nitrogen and oxygen atoms in total. The summed E-state index contributed by atoms with van der Waals surface area (Å²) in [4.78, 5) is 0. The van der Waals surface area contributed by atoms with Gasteiger partial charge in [-0.2, -0.15) is 5.26 Å². The van der Waals surface area contributed by atoms with Gasteiger partial charge in [-0.15, -0.1) is 0 Å². The van der Waals surface area contributed by atoms with E-state index in [9.17, 15) is 0 Å². The van der Waals surface area contributed by atoms with Crippen LogP contribution in [0.2, 0.25) is 0 Å². The van der Waals surface area contributed by atoms with E-state index in [0.717, 1.165) is 35.2 Å². The fraction of sp³-hybridized carbons (Fsp3) is 0.167. The van der Waals surface area contributed by atoms with Crippen LogP contribution in [0.3, 0.4) is 0 Å². The standard InChI is InChI=1S/C18H17N3/c1-14-4-2-6-16(12-14)20-9-11-21-10-8-17-15(13-19)5-3-7-18(17)21/h2-8,10,12,20H,9,11H2,1H3. The number of rotatable bonds is 4. The van der Waals surface area contributed by atoms with Gasteiger partial charge in [-0.3, -0.25) is 0 Å². The Labute approximate surface area is 124 Å². The summed E-state index contributed by atoms with van der Waals surface area (Å²) in [6.45, 7) is 3.81. The number of benzene rings is 2. The van der Waals surface area contributed by atoms with Crippen molar-refractivity contribution in [3.63, 3.8) is 0 Å². The molecule has 0 saturated carbocycles. The van der Waals surface area contributed by atoms with Gasteiger partial charge in [0.15, 0.2) is 0 Å². The van der Waals surface area contributed by atoms with Crippen molar-refractivity contribution in [2.75, 3.05) is 11.9 Å². The highest BCUT2D eigenvalue weighted by molar-refractivity contribution is 5.85. The smallest absolute Gasteiger partial charge is 0.0998 e. The maximum atomic E-state index is 9.12. The van der Waals surface area contributed by atoms with Gasteiger partial charge >= 0.3 is 0 Å². The predicted molar refractivity (Wildman–Crippen MR) is 86.3 cm³/mol. The van der Waals surface area contributed by atoms with Gasteiger partial charge in [-0.1, -0.05) is 18.2 Å². The molecule has 3 rings (SSSR count). The molecule has 0 spiro atoms.